The Bertz CT molecular complexity index is 180. The second kappa shape index (κ2) is 17.5. The van der Waals surface area contributed by atoms with Gasteiger partial charge in [0, 0.05) is 8.80 Å². The molecule has 0 N–H and O–H groups in total. The van der Waals surface area contributed by atoms with Crippen LogP contribution in [0.15, 0.2) is 36.5 Å². The molecule has 2 rings (SSSR count). The van der Waals surface area contributed by atoms with Crippen molar-refractivity contribution in [3.05, 3.63) is 56.0 Å². The van der Waals surface area contributed by atoms with Crippen LogP contribution in [0.5, 0.6) is 0 Å². The normalized spacial score (nSPS) is 13.2. The molecule has 0 saturated heterocycles. The summed E-state index contributed by atoms with van der Waals surface area (Å²) < 4.78 is 0. The predicted octanol–water partition coefficient (Wildman–Crippen LogP) is 4.43. The van der Waals surface area contributed by atoms with E-state index in [2.05, 4.69) is 43.9 Å². The van der Waals surface area contributed by atoms with Gasteiger partial charge in [-0.2, -0.15) is 12.2 Å². The third kappa shape index (κ3) is 23.7. The fourth-order valence-electron chi connectivity index (χ4n) is 0.680. The molecule has 2 aliphatic rings. The van der Waals surface area contributed by atoms with Crippen LogP contribution in [-0.4, -0.2) is 8.80 Å². The molecule has 0 spiro atoms. The molecule has 0 aromatic heterocycles. The van der Waals surface area contributed by atoms with Gasteiger partial charge in [-0.3, -0.25) is 12.2 Å². The van der Waals surface area contributed by atoms with E-state index in [4.69, 9.17) is 0 Å². The third-order valence-corrected chi connectivity index (χ3v) is 1.17. The summed E-state index contributed by atoms with van der Waals surface area (Å²) in [4.78, 5) is 0. The van der Waals surface area contributed by atoms with E-state index in [1.807, 2.05) is 24.3 Å². The molecule has 16 heavy (non-hydrogen) atoms. The van der Waals surface area contributed by atoms with Gasteiger partial charge in [-0.1, -0.05) is 19.6 Å². The molecule has 2 radical (unpaired) electrons. The van der Waals surface area contributed by atoms with Gasteiger partial charge in [0.05, 0.1) is 0 Å². The zero-order chi connectivity index (χ0) is 10.6. The average molecular weight is 310 g/mol. The Labute approximate surface area is 123 Å². The zero-order valence-electron chi connectivity index (χ0n) is 10.9. The predicted molar refractivity (Wildman–Crippen MR) is 72.9 cm³/mol. The second-order valence-electron chi connectivity index (χ2n) is 3.51. The van der Waals surface area contributed by atoms with Gasteiger partial charge in [0.2, 0.25) is 0 Å². The van der Waals surface area contributed by atoms with Crippen LogP contribution in [0.1, 0.15) is 12.8 Å². The van der Waals surface area contributed by atoms with Crippen molar-refractivity contribution in [2.75, 3.05) is 0 Å². The van der Waals surface area contributed by atoms with Crippen LogP contribution in [0.3, 0.4) is 0 Å². The van der Waals surface area contributed by atoms with Gasteiger partial charge >= 0.3 is 26.2 Å². The molecule has 86 valence electrons. The maximum absolute atomic E-state index is 2.99. The summed E-state index contributed by atoms with van der Waals surface area (Å²) in [6.45, 7) is 6.81. The van der Waals surface area contributed by atoms with Gasteiger partial charge in [-0.25, -0.2) is 24.3 Å². The second-order valence-corrected chi connectivity index (χ2v) is 6.51. The first-order chi connectivity index (χ1) is 6.73. The van der Waals surface area contributed by atoms with Crippen molar-refractivity contribution in [3.63, 3.8) is 0 Å². The van der Waals surface area contributed by atoms with Crippen LogP contribution >= 0.6 is 0 Å². The molecule has 0 unspecified atom stereocenters. The quantitative estimate of drug-likeness (QED) is 0.459. The Morgan fingerprint density at radius 2 is 1.19 bits per heavy atom. The monoisotopic (exact) mass is 308 g/mol. The van der Waals surface area contributed by atoms with Gasteiger partial charge in [0.25, 0.3) is 0 Å². The topological polar surface area (TPSA) is 0 Å². The summed E-state index contributed by atoms with van der Waals surface area (Å²) in [5.74, 6) is 0. The fourth-order valence-corrected chi connectivity index (χ4v) is 0.680. The van der Waals surface area contributed by atoms with E-state index < -0.39 is 0 Å². The first kappa shape index (κ1) is 21.4. The SMILES string of the molecule is C[Si](C)C.[C-]1=CC=CC1.[C-]1=CC=CC1.[CH3-].[Zr+3]. The van der Waals surface area contributed by atoms with E-state index in [-0.39, 0.29) is 42.4 Å². The standard InChI is InChI=1S/2C5H5.C3H9Si.CH3.Zr/c2*1-2-4-5-3-1;1-4(2)3;;/h2*1-3H,4H2;1-3H3;1H3;/q2*-1;;-1;+3. The van der Waals surface area contributed by atoms with Crippen LogP contribution in [0, 0.1) is 19.6 Å². The Hall–Kier alpha value is 0.0600. The molecule has 0 aliphatic heterocycles. The van der Waals surface area contributed by atoms with E-state index in [0.717, 1.165) is 12.8 Å². The number of allylic oxidation sites excluding steroid dienone is 8. The molecule has 0 saturated carbocycles. The van der Waals surface area contributed by atoms with Crippen molar-refractivity contribution in [3.8, 4) is 0 Å². The third-order valence-electron chi connectivity index (χ3n) is 1.17. The van der Waals surface area contributed by atoms with Crippen LogP contribution in [-0.2, 0) is 26.2 Å². The van der Waals surface area contributed by atoms with Gasteiger partial charge < -0.3 is 7.43 Å². The molecule has 2 heteroatoms. The molecular formula is C14H22SiZr. The molecule has 0 atom stereocenters. The van der Waals surface area contributed by atoms with Gasteiger partial charge in [0.1, 0.15) is 0 Å². The number of rotatable bonds is 0. The van der Waals surface area contributed by atoms with Crippen LogP contribution in [0.2, 0.25) is 19.6 Å². The Kier molecular flexibility index (Phi) is 23.3. The van der Waals surface area contributed by atoms with Crippen molar-refractivity contribution >= 4 is 8.80 Å². The molecular weight excluding hydrogens is 287 g/mol. The fraction of sp³-hybridized carbons (Fsp3) is 0.357. The maximum Gasteiger partial charge on any atom is 3.00 e. The molecule has 0 heterocycles. The summed E-state index contributed by atoms with van der Waals surface area (Å²) in [5, 5.41) is 0. The van der Waals surface area contributed by atoms with Crippen LogP contribution in [0.25, 0.3) is 0 Å². The smallest absolute Gasteiger partial charge is 0.358 e. The maximum atomic E-state index is 2.99. The van der Waals surface area contributed by atoms with E-state index in [1.165, 1.54) is 0 Å². The zero-order valence-corrected chi connectivity index (χ0v) is 14.3. The van der Waals surface area contributed by atoms with E-state index >= 15 is 0 Å². The van der Waals surface area contributed by atoms with Gasteiger partial charge in [-0.05, 0) is 0 Å². The molecule has 0 fully saturated rings. The molecule has 0 aromatic carbocycles. The van der Waals surface area contributed by atoms with Crippen LogP contribution in [0.4, 0.5) is 0 Å². The van der Waals surface area contributed by atoms with Crippen molar-refractivity contribution in [1.29, 1.82) is 0 Å². The number of hydrogen-bond acceptors (Lipinski definition) is 0. The Morgan fingerprint density at radius 3 is 1.25 bits per heavy atom. The molecule has 0 bridgehead atoms. The summed E-state index contributed by atoms with van der Waals surface area (Å²) in [5.41, 5.74) is 0. The average Bonchev–Trinajstić information content (AvgIpc) is 2.83. The summed E-state index contributed by atoms with van der Waals surface area (Å²) >= 11 is 0. The van der Waals surface area contributed by atoms with E-state index in [0.29, 0.717) is 0 Å². The molecule has 0 amide bonds. The first-order valence-corrected chi connectivity index (χ1v) is 7.93. The summed E-state index contributed by atoms with van der Waals surface area (Å²) in [7, 11) is 0.120. The molecule has 2 aliphatic carbocycles. The molecule has 0 nitrogen and oxygen atoms in total. The minimum Gasteiger partial charge on any atom is -0.358 e. The van der Waals surface area contributed by atoms with Crippen molar-refractivity contribution in [1.82, 2.24) is 0 Å². The van der Waals surface area contributed by atoms with Crippen molar-refractivity contribution in [2.24, 2.45) is 0 Å². The van der Waals surface area contributed by atoms with E-state index in [1.54, 1.807) is 0 Å². The summed E-state index contributed by atoms with van der Waals surface area (Å²) in [6, 6.07) is 0. The number of hydrogen-bond donors (Lipinski definition) is 0. The van der Waals surface area contributed by atoms with Crippen molar-refractivity contribution in [2.45, 2.75) is 32.5 Å². The van der Waals surface area contributed by atoms with E-state index in [9.17, 15) is 0 Å². The summed E-state index contributed by atoms with van der Waals surface area (Å²) in [6.07, 6.45) is 20.0. The van der Waals surface area contributed by atoms with Crippen LogP contribution < -0.4 is 0 Å². The minimum absolute atomic E-state index is 0. The van der Waals surface area contributed by atoms with Gasteiger partial charge in [0.15, 0.2) is 0 Å². The largest absolute Gasteiger partial charge is 3.00 e. The first-order valence-electron chi connectivity index (χ1n) is 4.93. The Morgan fingerprint density at radius 1 is 0.875 bits per heavy atom. The van der Waals surface area contributed by atoms with Crippen molar-refractivity contribution < 1.29 is 26.2 Å². The van der Waals surface area contributed by atoms with Gasteiger partial charge in [-0.15, -0.1) is 12.8 Å². The minimum atomic E-state index is 0. The Balaban J connectivity index is -0.000000151. The molecule has 0 aromatic rings.